The van der Waals surface area contributed by atoms with Crippen LogP contribution in [0, 0.1) is 0 Å². The second kappa shape index (κ2) is 12.3. The molecule has 0 amide bonds. The molecule has 0 saturated carbocycles. The zero-order chi connectivity index (χ0) is 18.9. The van der Waals surface area contributed by atoms with Crippen molar-refractivity contribution in [2.24, 2.45) is 4.99 Å². The van der Waals surface area contributed by atoms with E-state index in [1.807, 2.05) is 18.2 Å². The van der Waals surface area contributed by atoms with Crippen LogP contribution >= 0.6 is 24.0 Å². The Morgan fingerprint density at radius 2 is 2.04 bits per heavy atom. The fourth-order valence-electron chi connectivity index (χ4n) is 3.38. The monoisotopic (exact) mass is 501 g/mol. The molecule has 6 nitrogen and oxygen atoms in total. The predicted octanol–water partition coefficient (Wildman–Crippen LogP) is 4.03. The molecule has 1 aromatic heterocycles. The van der Waals surface area contributed by atoms with E-state index in [4.69, 9.17) is 18.9 Å². The third kappa shape index (κ3) is 6.63. The molecule has 2 aromatic rings. The predicted molar refractivity (Wildman–Crippen MR) is 123 cm³/mol. The molecule has 1 fully saturated rings. The van der Waals surface area contributed by atoms with Gasteiger partial charge in [0.1, 0.15) is 17.9 Å². The van der Waals surface area contributed by atoms with E-state index in [0.717, 1.165) is 74.8 Å². The number of para-hydroxylation sites is 1. The zero-order valence-electron chi connectivity index (χ0n) is 16.9. The standard InChI is InChI=1S/C21H31N3O3.HI/c1-3-22-21(23-16-19-15-17-7-4-5-8-20(17)27-19)24-11-9-18(10-12-24)26-14-6-13-25-2;/h4-5,7-8,15,18H,3,6,9-14,16H2,1-2H3,(H,22,23);1H. The molecule has 156 valence electrons. The Morgan fingerprint density at radius 3 is 2.75 bits per heavy atom. The first-order chi connectivity index (χ1) is 13.3. The Bertz CT molecular complexity index is 694. The number of nitrogens with zero attached hydrogens (tertiary/aromatic N) is 2. The molecule has 0 atom stereocenters. The normalized spacial score (nSPS) is 15.6. The minimum atomic E-state index is 0. The summed E-state index contributed by atoms with van der Waals surface area (Å²) in [6.07, 6.45) is 3.36. The van der Waals surface area contributed by atoms with Crippen molar-refractivity contribution in [3.63, 3.8) is 0 Å². The number of furan rings is 1. The molecule has 28 heavy (non-hydrogen) atoms. The lowest BCUT2D eigenvalue weighted by atomic mass is 10.1. The van der Waals surface area contributed by atoms with E-state index in [-0.39, 0.29) is 24.0 Å². The molecule has 3 rings (SSSR count). The molecule has 2 heterocycles. The van der Waals surface area contributed by atoms with Gasteiger partial charge in [-0.15, -0.1) is 24.0 Å². The number of hydrogen-bond donors (Lipinski definition) is 1. The first kappa shape index (κ1) is 23.0. The van der Waals surface area contributed by atoms with Gasteiger partial charge in [0.15, 0.2) is 5.96 Å². The van der Waals surface area contributed by atoms with Crippen molar-refractivity contribution in [2.75, 3.05) is 40.0 Å². The fraction of sp³-hybridized carbons (Fsp3) is 0.571. The number of rotatable bonds is 8. The van der Waals surface area contributed by atoms with Crippen molar-refractivity contribution in [2.45, 2.75) is 38.8 Å². The van der Waals surface area contributed by atoms with Gasteiger partial charge in [0.05, 0.1) is 6.10 Å². The molecule has 1 saturated heterocycles. The number of halogens is 1. The number of aliphatic imine (C=N–C) groups is 1. The summed E-state index contributed by atoms with van der Waals surface area (Å²) in [5.41, 5.74) is 0.916. The van der Waals surface area contributed by atoms with Crippen molar-refractivity contribution in [1.29, 1.82) is 0 Å². The molecule has 1 aromatic carbocycles. The van der Waals surface area contributed by atoms with Gasteiger partial charge in [-0.1, -0.05) is 18.2 Å². The van der Waals surface area contributed by atoms with Gasteiger partial charge in [0, 0.05) is 45.3 Å². The lowest BCUT2D eigenvalue weighted by Gasteiger charge is -2.34. The summed E-state index contributed by atoms with van der Waals surface area (Å²) in [4.78, 5) is 7.12. The quantitative estimate of drug-likeness (QED) is 0.256. The summed E-state index contributed by atoms with van der Waals surface area (Å²) >= 11 is 0. The van der Waals surface area contributed by atoms with Gasteiger partial charge in [0.25, 0.3) is 0 Å². The zero-order valence-corrected chi connectivity index (χ0v) is 19.2. The molecule has 1 aliphatic rings. The Labute approximate surface area is 184 Å². The number of benzene rings is 1. The third-order valence-electron chi connectivity index (χ3n) is 4.78. The minimum Gasteiger partial charge on any atom is -0.459 e. The summed E-state index contributed by atoms with van der Waals surface area (Å²) in [6, 6.07) is 10.1. The summed E-state index contributed by atoms with van der Waals surface area (Å²) in [7, 11) is 1.73. The average molecular weight is 501 g/mol. The van der Waals surface area contributed by atoms with Gasteiger partial charge >= 0.3 is 0 Å². The number of hydrogen-bond acceptors (Lipinski definition) is 4. The van der Waals surface area contributed by atoms with Crippen LogP contribution in [-0.4, -0.2) is 56.9 Å². The first-order valence-electron chi connectivity index (χ1n) is 9.91. The van der Waals surface area contributed by atoms with E-state index in [2.05, 4.69) is 29.3 Å². The molecule has 0 aliphatic carbocycles. The molecule has 1 aliphatic heterocycles. The Balaban J connectivity index is 0.00000280. The lowest BCUT2D eigenvalue weighted by molar-refractivity contribution is 0.00989. The molecule has 0 radical (unpaired) electrons. The molecular weight excluding hydrogens is 469 g/mol. The lowest BCUT2D eigenvalue weighted by Crippen LogP contribution is -2.47. The van der Waals surface area contributed by atoms with Gasteiger partial charge < -0.3 is 24.1 Å². The highest BCUT2D eigenvalue weighted by Crippen LogP contribution is 2.20. The molecular formula is C21H32IN3O3. The van der Waals surface area contributed by atoms with Crippen molar-refractivity contribution in [3.05, 3.63) is 36.1 Å². The Hall–Kier alpha value is -1.32. The topological polar surface area (TPSA) is 59.2 Å². The Morgan fingerprint density at radius 1 is 1.25 bits per heavy atom. The maximum Gasteiger partial charge on any atom is 0.194 e. The highest BCUT2D eigenvalue weighted by Gasteiger charge is 2.21. The minimum absolute atomic E-state index is 0. The van der Waals surface area contributed by atoms with Crippen LogP contribution < -0.4 is 5.32 Å². The maximum atomic E-state index is 5.95. The SMILES string of the molecule is CCNC(=NCc1cc2ccccc2o1)N1CCC(OCCCOC)CC1.I. The van der Waals surface area contributed by atoms with Gasteiger partial charge in [0.2, 0.25) is 0 Å². The number of methoxy groups -OCH3 is 1. The average Bonchev–Trinajstić information content (AvgIpc) is 3.12. The van der Waals surface area contributed by atoms with Gasteiger partial charge in [-0.05, 0) is 38.3 Å². The van der Waals surface area contributed by atoms with Crippen LogP contribution in [0.5, 0.6) is 0 Å². The number of nitrogens with one attached hydrogen (secondary N) is 1. The molecule has 7 heteroatoms. The van der Waals surface area contributed by atoms with E-state index >= 15 is 0 Å². The summed E-state index contributed by atoms with van der Waals surface area (Å²) in [5.74, 6) is 1.85. The number of fused-ring (bicyclic) bond motifs is 1. The van der Waals surface area contributed by atoms with E-state index in [1.165, 1.54) is 0 Å². The largest absolute Gasteiger partial charge is 0.459 e. The molecule has 1 N–H and O–H groups in total. The molecule has 0 bridgehead atoms. The van der Waals surface area contributed by atoms with E-state index in [0.29, 0.717) is 12.6 Å². The fourth-order valence-corrected chi connectivity index (χ4v) is 3.38. The van der Waals surface area contributed by atoms with Crippen molar-refractivity contribution in [1.82, 2.24) is 10.2 Å². The van der Waals surface area contributed by atoms with E-state index < -0.39 is 0 Å². The van der Waals surface area contributed by atoms with Gasteiger partial charge in [-0.25, -0.2) is 4.99 Å². The second-order valence-electron chi connectivity index (χ2n) is 6.82. The summed E-state index contributed by atoms with van der Waals surface area (Å²) in [6.45, 7) is 6.96. The maximum absolute atomic E-state index is 5.95. The summed E-state index contributed by atoms with van der Waals surface area (Å²) in [5, 5.41) is 4.53. The van der Waals surface area contributed by atoms with Crippen LogP contribution in [0.1, 0.15) is 31.9 Å². The van der Waals surface area contributed by atoms with Crippen molar-refractivity contribution < 1.29 is 13.9 Å². The van der Waals surface area contributed by atoms with Crippen LogP contribution in [0.3, 0.4) is 0 Å². The van der Waals surface area contributed by atoms with E-state index in [9.17, 15) is 0 Å². The molecule has 0 unspecified atom stereocenters. The smallest absolute Gasteiger partial charge is 0.194 e. The number of ether oxygens (including phenoxy) is 2. The Kier molecular flexibility index (Phi) is 10.1. The van der Waals surface area contributed by atoms with Crippen LogP contribution in [-0.2, 0) is 16.0 Å². The van der Waals surface area contributed by atoms with Gasteiger partial charge in [-0.3, -0.25) is 0 Å². The third-order valence-corrected chi connectivity index (χ3v) is 4.78. The van der Waals surface area contributed by atoms with Gasteiger partial charge in [-0.2, -0.15) is 0 Å². The highest BCUT2D eigenvalue weighted by atomic mass is 127. The number of piperidine rings is 1. The number of guanidine groups is 1. The van der Waals surface area contributed by atoms with Crippen LogP contribution in [0.2, 0.25) is 0 Å². The molecule has 0 spiro atoms. The highest BCUT2D eigenvalue weighted by molar-refractivity contribution is 14.0. The first-order valence-corrected chi connectivity index (χ1v) is 9.91. The number of likely N-dealkylation sites (tertiary alicyclic amines) is 1. The van der Waals surface area contributed by atoms with Crippen LogP contribution in [0.25, 0.3) is 11.0 Å². The van der Waals surface area contributed by atoms with Crippen molar-refractivity contribution in [3.8, 4) is 0 Å². The second-order valence-corrected chi connectivity index (χ2v) is 6.82. The van der Waals surface area contributed by atoms with Crippen LogP contribution in [0.15, 0.2) is 39.7 Å². The summed E-state index contributed by atoms with van der Waals surface area (Å²) < 4.78 is 16.9. The van der Waals surface area contributed by atoms with Crippen molar-refractivity contribution >= 4 is 40.9 Å². The van der Waals surface area contributed by atoms with E-state index in [1.54, 1.807) is 7.11 Å². The van der Waals surface area contributed by atoms with Crippen LogP contribution in [0.4, 0.5) is 0 Å².